The molecule has 0 radical (unpaired) electrons. The number of aromatic nitrogens is 9. The molecule has 1 unspecified atom stereocenters. The Bertz CT molecular complexity index is 1500. The number of piperidine rings is 1. The number of carbonyl (C=O) groups is 1. The Labute approximate surface area is 217 Å². The number of amides is 1. The number of hydrogen-bond acceptors (Lipinski definition) is 10. The molecule has 1 aliphatic rings. The van der Waals surface area contributed by atoms with Crippen molar-refractivity contribution in [2.24, 2.45) is 5.92 Å². The summed E-state index contributed by atoms with van der Waals surface area (Å²) in [4.78, 5) is 18.9. The van der Waals surface area contributed by atoms with E-state index in [9.17, 15) is 4.79 Å². The molecular formula is C25H25N11O2. The van der Waals surface area contributed by atoms with E-state index in [2.05, 4.69) is 45.8 Å². The maximum Gasteiger partial charge on any atom is 0.231 e. The van der Waals surface area contributed by atoms with Crippen LogP contribution in [0.25, 0.3) is 22.9 Å². The molecule has 1 fully saturated rings. The summed E-state index contributed by atoms with van der Waals surface area (Å²) in [5, 5.41) is 28.5. The van der Waals surface area contributed by atoms with Crippen LogP contribution in [0.5, 0.6) is 5.88 Å². The molecule has 38 heavy (non-hydrogen) atoms. The van der Waals surface area contributed by atoms with E-state index in [1.807, 2.05) is 42.5 Å². The van der Waals surface area contributed by atoms with Gasteiger partial charge in [-0.2, -0.15) is 9.61 Å². The van der Waals surface area contributed by atoms with Crippen LogP contribution in [0.15, 0.2) is 67.3 Å². The number of benzene rings is 1. The lowest BCUT2D eigenvalue weighted by atomic mass is 9.97. The fourth-order valence-corrected chi connectivity index (χ4v) is 4.43. The molecule has 0 bridgehead atoms. The van der Waals surface area contributed by atoms with Crippen molar-refractivity contribution in [3.63, 3.8) is 0 Å². The van der Waals surface area contributed by atoms with Gasteiger partial charge in [-0.05, 0) is 31.0 Å². The Morgan fingerprint density at radius 1 is 1.00 bits per heavy atom. The number of anilines is 1. The number of hydrogen-bond donors (Lipinski definition) is 1. The van der Waals surface area contributed by atoms with Crippen LogP contribution >= 0.6 is 0 Å². The summed E-state index contributed by atoms with van der Waals surface area (Å²) >= 11 is 0. The third kappa shape index (κ3) is 4.98. The van der Waals surface area contributed by atoms with Gasteiger partial charge < -0.3 is 15.0 Å². The van der Waals surface area contributed by atoms with Crippen LogP contribution in [-0.4, -0.2) is 76.9 Å². The van der Waals surface area contributed by atoms with Gasteiger partial charge >= 0.3 is 0 Å². The molecule has 1 N–H and O–H groups in total. The van der Waals surface area contributed by atoms with Crippen molar-refractivity contribution < 1.29 is 9.53 Å². The number of nitrogens with zero attached hydrogens (tertiary/aromatic N) is 10. The lowest BCUT2D eigenvalue weighted by Crippen LogP contribution is -2.44. The van der Waals surface area contributed by atoms with Crippen molar-refractivity contribution in [2.45, 2.75) is 12.8 Å². The predicted octanol–water partition coefficient (Wildman–Crippen LogP) is 1.57. The van der Waals surface area contributed by atoms with Crippen LogP contribution in [0.3, 0.4) is 0 Å². The lowest BCUT2D eigenvalue weighted by molar-refractivity contribution is -0.125. The van der Waals surface area contributed by atoms with Gasteiger partial charge in [-0.15, -0.1) is 25.5 Å². The zero-order valence-corrected chi connectivity index (χ0v) is 20.5. The highest BCUT2D eigenvalue weighted by Crippen LogP contribution is 2.22. The third-order valence-electron chi connectivity index (χ3n) is 6.33. The number of nitrogens with one attached hydrogen (secondary N) is 1. The van der Waals surface area contributed by atoms with Crippen molar-refractivity contribution in [2.75, 3.05) is 31.1 Å². The molecule has 1 atom stereocenters. The predicted molar refractivity (Wildman–Crippen MR) is 137 cm³/mol. The number of ether oxygens (including phenoxy) is 1. The van der Waals surface area contributed by atoms with Crippen LogP contribution in [0.1, 0.15) is 12.8 Å². The highest BCUT2D eigenvalue weighted by Gasteiger charge is 2.26. The molecule has 0 saturated carbocycles. The fraction of sp³-hybridized carbons (Fsp3) is 0.280. The molecule has 1 amide bonds. The molecule has 13 nitrogen and oxygen atoms in total. The molecular weight excluding hydrogens is 486 g/mol. The van der Waals surface area contributed by atoms with E-state index in [0.29, 0.717) is 42.9 Å². The topological polar surface area (TPSA) is 141 Å². The first-order chi connectivity index (χ1) is 18.7. The summed E-state index contributed by atoms with van der Waals surface area (Å²) in [7, 11) is 0. The second kappa shape index (κ2) is 10.6. The van der Waals surface area contributed by atoms with Crippen molar-refractivity contribution in [1.82, 2.24) is 50.1 Å². The molecule has 192 valence electrons. The summed E-state index contributed by atoms with van der Waals surface area (Å²) in [5.74, 6) is 2.26. The van der Waals surface area contributed by atoms with Gasteiger partial charge in [0.1, 0.15) is 19.3 Å². The minimum Gasteiger partial charge on any atom is -0.475 e. The Kier molecular flexibility index (Phi) is 6.53. The molecule has 0 aliphatic carbocycles. The van der Waals surface area contributed by atoms with E-state index < -0.39 is 0 Å². The molecule has 0 spiro atoms. The SMILES string of the molecule is O=C(NCCOc1ccc2nnc(-c3ccccc3)n2n1)C1CCCN(c2ccc(-n3cncn3)nn2)C1. The minimum atomic E-state index is -0.138. The van der Waals surface area contributed by atoms with Gasteiger partial charge in [0.05, 0.1) is 12.5 Å². The van der Waals surface area contributed by atoms with Crippen LogP contribution in [0, 0.1) is 5.92 Å². The minimum absolute atomic E-state index is 0.000852. The molecule has 6 rings (SSSR count). The molecule has 1 aromatic carbocycles. The van der Waals surface area contributed by atoms with Crippen molar-refractivity contribution in [3.05, 3.63) is 67.3 Å². The first kappa shape index (κ1) is 23.5. The first-order valence-electron chi connectivity index (χ1n) is 12.4. The maximum absolute atomic E-state index is 12.9. The van der Waals surface area contributed by atoms with E-state index >= 15 is 0 Å². The van der Waals surface area contributed by atoms with E-state index in [1.54, 1.807) is 27.7 Å². The second-order valence-electron chi connectivity index (χ2n) is 8.85. The van der Waals surface area contributed by atoms with Crippen LogP contribution in [0.4, 0.5) is 5.82 Å². The van der Waals surface area contributed by atoms with Crippen molar-refractivity contribution in [1.29, 1.82) is 0 Å². The van der Waals surface area contributed by atoms with E-state index in [-0.39, 0.29) is 11.8 Å². The van der Waals surface area contributed by atoms with Gasteiger partial charge in [0, 0.05) is 24.7 Å². The van der Waals surface area contributed by atoms with Crippen LogP contribution in [0.2, 0.25) is 0 Å². The molecule has 1 saturated heterocycles. The normalized spacial score (nSPS) is 15.5. The van der Waals surface area contributed by atoms with E-state index in [1.165, 1.54) is 6.33 Å². The van der Waals surface area contributed by atoms with Gasteiger partial charge in [-0.3, -0.25) is 4.79 Å². The average Bonchev–Trinajstić information content (AvgIpc) is 3.66. The molecule has 1 aliphatic heterocycles. The Morgan fingerprint density at radius 3 is 2.68 bits per heavy atom. The smallest absolute Gasteiger partial charge is 0.231 e. The molecule has 5 heterocycles. The van der Waals surface area contributed by atoms with Gasteiger partial charge in [-0.25, -0.2) is 9.67 Å². The Balaban J connectivity index is 1.01. The summed E-state index contributed by atoms with van der Waals surface area (Å²) in [6, 6.07) is 17.0. The van der Waals surface area contributed by atoms with Gasteiger partial charge in [-0.1, -0.05) is 30.3 Å². The Hall–Kier alpha value is -4.94. The summed E-state index contributed by atoms with van der Waals surface area (Å²) < 4.78 is 9.00. The van der Waals surface area contributed by atoms with Crippen molar-refractivity contribution >= 4 is 17.4 Å². The standard InChI is InChI=1S/C25H25N11O2/c37-25(19-7-4-13-34(15-19)20-8-9-21(30-29-20)35-17-26-16-28-35)27-12-14-38-23-11-10-22-31-32-24(36(22)33-23)18-5-2-1-3-6-18/h1-3,5-6,8-11,16-17,19H,4,7,12-15H2,(H,27,37). The van der Waals surface area contributed by atoms with Gasteiger partial charge in [0.2, 0.25) is 11.8 Å². The quantitative estimate of drug-likeness (QED) is 0.305. The highest BCUT2D eigenvalue weighted by atomic mass is 16.5. The highest BCUT2D eigenvalue weighted by molar-refractivity contribution is 5.79. The third-order valence-corrected chi connectivity index (χ3v) is 6.33. The number of carbonyl (C=O) groups excluding carboxylic acids is 1. The fourth-order valence-electron chi connectivity index (χ4n) is 4.43. The largest absolute Gasteiger partial charge is 0.475 e. The van der Waals surface area contributed by atoms with Gasteiger partial charge in [0.25, 0.3) is 0 Å². The number of fused-ring (bicyclic) bond motifs is 1. The molecule has 4 aromatic heterocycles. The maximum atomic E-state index is 12.9. The molecule has 5 aromatic rings. The van der Waals surface area contributed by atoms with Crippen molar-refractivity contribution in [3.8, 4) is 23.1 Å². The Morgan fingerprint density at radius 2 is 1.87 bits per heavy atom. The van der Waals surface area contributed by atoms with Crippen LogP contribution < -0.4 is 15.0 Å². The first-order valence-corrected chi connectivity index (χ1v) is 12.4. The summed E-state index contributed by atoms with van der Waals surface area (Å²) in [6.45, 7) is 2.07. The summed E-state index contributed by atoms with van der Waals surface area (Å²) in [5.41, 5.74) is 1.54. The van der Waals surface area contributed by atoms with Crippen LogP contribution in [-0.2, 0) is 4.79 Å². The summed E-state index contributed by atoms with van der Waals surface area (Å²) in [6.07, 6.45) is 4.73. The number of rotatable bonds is 8. The zero-order chi connectivity index (χ0) is 25.7. The lowest BCUT2D eigenvalue weighted by Gasteiger charge is -2.32. The average molecular weight is 512 g/mol. The second-order valence-corrected chi connectivity index (χ2v) is 8.85. The monoisotopic (exact) mass is 511 g/mol. The zero-order valence-electron chi connectivity index (χ0n) is 20.5. The van der Waals surface area contributed by atoms with Gasteiger partial charge in [0.15, 0.2) is 23.1 Å². The molecule has 13 heteroatoms. The van der Waals surface area contributed by atoms with E-state index in [4.69, 9.17) is 4.74 Å². The van der Waals surface area contributed by atoms with E-state index in [0.717, 1.165) is 30.8 Å².